The Hall–Kier alpha value is -4.33. The molecule has 0 aliphatic carbocycles. The first-order chi connectivity index (χ1) is 17.9. The minimum atomic E-state index is -1.07. The van der Waals surface area contributed by atoms with Gasteiger partial charge in [0.1, 0.15) is 6.04 Å². The number of aromatic nitrogens is 2. The fourth-order valence-electron chi connectivity index (χ4n) is 4.00. The van der Waals surface area contributed by atoms with E-state index in [2.05, 4.69) is 15.6 Å². The summed E-state index contributed by atoms with van der Waals surface area (Å²) in [6, 6.07) is 22.5. The van der Waals surface area contributed by atoms with Gasteiger partial charge in [-0.15, -0.1) is 0 Å². The average molecular weight is 531 g/mol. The standard InChI is InChI=1S/C28H20Cl2N4O3/c29-22-6-2-1-5-21(22)26(33-27(36)17-8-13-20-23(30)16-31-24(20)15-17)28(37)32-18-9-11-19(12-10-18)34-14-4-3-7-25(34)35/h1-16,26,31H,(H,32,37)(H,33,36). The summed E-state index contributed by atoms with van der Waals surface area (Å²) in [7, 11) is 0. The maximum atomic E-state index is 13.4. The number of fused-ring (bicyclic) bond motifs is 1. The van der Waals surface area contributed by atoms with Gasteiger partial charge in [-0.2, -0.15) is 0 Å². The molecule has 37 heavy (non-hydrogen) atoms. The number of halogens is 2. The Kier molecular flexibility index (Phi) is 6.81. The highest BCUT2D eigenvalue weighted by molar-refractivity contribution is 6.35. The molecule has 0 saturated carbocycles. The van der Waals surface area contributed by atoms with Crippen molar-refractivity contribution in [3.63, 3.8) is 0 Å². The minimum absolute atomic E-state index is 0.166. The van der Waals surface area contributed by atoms with Crippen molar-refractivity contribution in [1.29, 1.82) is 0 Å². The number of benzene rings is 3. The van der Waals surface area contributed by atoms with Crippen molar-refractivity contribution in [3.05, 3.63) is 129 Å². The van der Waals surface area contributed by atoms with E-state index in [1.165, 1.54) is 10.6 Å². The molecule has 9 heteroatoms. The first kappa shape index (κ1) is 24.4. The number of anilines is 1. The van der Waals surface area contributed by atoms with E-state index in [1.807, 2.05) is 0 Å². The molecule has 5 aromatic rings. The smallest absolute Gasteiger partial charge is 0.255 e. The molecule has 0 bridgehead atoms. The summed E-state index contributed by atoms with van der Waals surface area (Å²) in [5, 5.41) is 7.31. The summed E-state index contributed by atoms with van der Waals surface area (Å²) in [5.74, 6) is -0.929. The van der Waals surface area contributed by atoms with Gasteiger partial charge in [-0.05, 0) is 48.5 Å². The Morgan fingerprint density at radius 3 is 2.38 bits per heavy atom. The fraction of sp³-hybridized carbons (Fsp3) is 0.0357. The van der Waals surface area contributed by atoms with Crippen LogP contribution in [0.4, 0.5) is 5.69 Å². The van der Waals surface area contributed by atoms with E-state index in [1.54, 1.807) is 91.3 Å². The van der Waals surface area contributed by atoms with E-state index >= 15 is 0 Å². The molecule has 5 rings (SSSR count). The van der Waals surface area contributed by atoms with Gasteiger partial charge in [0.2, 0.25) is 0 Å². The van der Waals surface area contributed by atoms with Gasteiger partial charge in [0.25, 0.3) is 17.4 Å². The van der Waals surface area contributed by atoms with Crippen molar-refractivity contribution in [2.45, 2.75) is 6.04 Å². The van der Waals surface area contributed by atoms with Crippen LogP contribution in [0.3, 0.4) is 0 Å². The maximum absolute atomic E-state index is 13.4. The van der Waals surface area contributed by atoms with Gasteiger partial charge < -0.3 is 15.6 Å². The third-order valence-corrected chi connectivity index (χ3v) is 6.54. The van der Waals surface area contributed by atoms with Crippen LogP contribution in [0.2, 0.25) is 10.0 Å². The molecule has 0 radical (unpaired) electrons. The van der Waals surface area contributed by atoms with E-state index in [0.717, 1.165) is 5.39 Å². The molecule has 0 aliphatic heterocycles. The van der Waals surface area contributed by atoms with Gasteiger partial charge in [0.15, 0.2) is 0 Å². The number of carbonyl (C=O) groups excluding carboxylic acids is 2. The molecule has 2 amide bonds. The second-order valence-corrected chi connectivity index (χ2v) is 9.08. The number of aromatic amines is 1. The van der Waals surface area contributed by atoms with Crippen molar-refractivity contribution in [3.8, 4) is 5.69 Å². The molecular formula is C28H20Cl2N4O3. The first-order valence-electron chi connectivity index (χ1n) is 11.3. The summed E-state index contributed by atoms with van der Waals surface area (Å²) >= 11 is 12.5. The van der Waals surface area contributed by atoms with E-state index in [0.29, 0.717) is 38.1 Å². The van der Waals surface area contributed by atoms with E-state index in [4.69, 9.17) is 23.2 Å². The Labute approximate surface area is 221 Å². The van der Waals surface area contributed by atoms with Gasteiger partial charge in [-0.25, -0.2) is 0 Å². The van der Waals surface area contributed by atoms with Gasteiger partial charge in [-0.1, -0.05) is 53.5 Å². The molecule has 1 atom stereocenters. The molecule has 0 fully saturated rings. The van der Waals surface area contributed by atoms with Crippen LogP contribution in [0.15, 0.2) is 102 Å². The Morgan fingerprint density at radius 1 is 0.865 bits per heavy atom. The molecule has 2 heterocycles. The van der Waals surface area contributed by atoms with Gasteiger partial charge in [0, 0.05) is 56.9 Å². The number of hydrogen-bond donors (Lipinski definition) is 3. The van der Waals surface area contributed by atoms with Crippen LogP contribution >= 0.6 is 23.2 Å². The fourth-order valence-corrected chi connectivity index (χ4v) is 4.46. The van der Waals surface area contributed by atoms with Crippen LogP contribution in [0.25, 0.3) is 16.6 Å². The third-order valence-electron chi connectivity index (χ3n) is 5.88. The number of amides is 2. The molecule has 3 aromatic carbocycles. The quantitative estimate of drug-likeness (QED) is 0.261. The molecule has 0 saturated heterocycles. The zero-order valence-corrected chi connectivity index (χ0v) is 20.8. The topological polar surface area (TPSA) is 96.0 Å². The Bertz CT molecular complexity index is 1680. The van der Waals surface area contributed by atoms with Crippen LogP contribution in [0, 0.1) is 0 Å². The SMILES string of the molecule is O=C(NC(C(=O)Nc1ccc(-n2ccccc2=O)cc1)c1ccccc1Cl)c1ccc2c(Cl)c[nH]c2c1. The highest BCUT2D eigenvalue weighted by Gasteiger charge is 2.26. The van der Waals surface area contributed by atoms with E-state index < -0.39 is 17.9 Å². The predicted molar refractivity (Wildman–Crippen MR) is 146 cm³/mol. The second-order valence-electron chi connectivity index (χ2n) is 8.27. The number of carbonyl (C=O) groups is 2. The van der Waals surface area contributed by atoms with Crippen LogP contribution in [-0.4, -0.2) is 21.4 Å². The predicted octanol–water partition coefficient (Wildman–Crippen LogP) is 5.74. The van der Waals surface area contributed by atoms with Crippen molar-refractivity contribution in [1.82, 2.24) is 14.9 Å². The van der Waals surface area contributed by atoms with Gasteiger partial charge >= 0.3 is 0 Å². The first-order valence-corrected chi connectivity index (χ1v) is 12.1. The number of hydrogen-bond acceptors (Lipinski definition) is 3. The zero-order chi connectivity index (χ0) is 25.9. The molecule has 0 aliphatic rings. The number of nitrogens with one attached hydrogen (secondary N) is 3. The average Bonchev–Trinajstić information content (AvgIpc) is 3.28. The number of rotatable bonds is 6. The van der Waals surface area contributed by atoms with Crippen LogP contribution in [0.1, 0.15) is 22.0 Å². The lowest BCUT2D eigenvalue weighted by Gasteiger charge is -2.20. The largest absolute Gasteiger partial charge is 0.360 e. The van der Waals surface area contributed by atoms with E-state index in [-0.39, 0.29) is 5.56 Å². The van der Waals surface area contributed by atoms with Crippen molar-refractivity contribution >= 4 is 51.6 Å². The van der Waals surface area contributed by atoms with Crippen molar-refractivity contribution in [2.75, 3.05) is 5.32 Å². The van der Waals surface area contributed by atoms with E-state index in [9.17, 15) is 14.4 Å². The van der Waals surface area contributed by atoms with Crippen molar-refractivity contribution in [2.24, 2.45) is 0 Å². The van der Waals surface area contributed by atoms with Crippen molar-refractivity contribution < 1.29 is 9.59 Å². The number of nitrogens with zero attached hydrogens (tertiary/aromatic N) is 1. The summed E-state index contributed by atoms with van der Waals surface area (Å²) < 4.78 is 1.49. The highest BCUT2D eigenvalue weighted by atomic mass is 35.5. The van der Waals surface area contributed by atoms with Crippen LogP contribution in [0.5, 0.6) is 0 Å². The maximum Gasteiger partial charge on any atom is 0.255 e. The summed E-state index contributed by atoms with van der Waals surface area (Å²) in [4.78, 5) is 41.7. The normalized spacial score (nSPS) is 11.7. The molecule has 1 unspecified atom stereocenters. The minimum Gasteiger partial charge on any atom is -0.360 e. The molecule has 3 N–H and O–H groups in total. The molecule has 184 valence electrons. The summed E-state index contributed by atoms with van der Waals surface area (Å²) in [6.45, 7) is 0. The summed E-state index contributed by atoms with van der Waals surface area (Å²) in [5.41, 5.74) is 2.49. The number of H-pyrrole nitrogens is 1. The molecule has 2 aromatic heterocycles. The van der Waals surface area contributed by atoms with Gasteiger partial charge in [0.05, 0.1) is 5.02 Å². The Balaban J connectivity index is 1.40. The Morgan fingerprint density at radius 2 is 1.62 bits per heavy atom. The lowest BCUT2D eigenvalue weighted by atomic mass is 10.0. The zero-order valence-electron chi connectivity index (χ0n) is 19.2. The molecular weight excluding hydrogens is 511 g/mol. The number of pyridine rings is 1. The highest BCUT2D eigenvalue weighted by Crippen LogP contribution is 2.27. The molecule has 7 nitrogen and oxygen atoms in total. The summed E-state index contributed by atoms with van der Waals surface area (Å²) in [6.07, 6.45) is 3.31. The lowest BCUT2D eigenvalue weighted by molar-refractivity contribution is -0.118. The monoisotopic (exact) mass is 530 g/mol. The van der Waals surface area contributed by atoms with Crippen LogP contribution in [-0.2, 0) is 4.79 Å². The molecule has 0 spiro atoms. The second kappa shape index (κ2) is 10.3. The van der Waals surface area contributed by atoms with Crippen LogP contribution < -0.4 is 16.2 Å². The lowest BCUT2D eigenvalue weighted by Crippen LogP contribution is -2.37. The third kappa shape index (κ3) is 5.14. The van der Waals surface area contributed by atoms with Gasteiger partial charge in [-0.3, -0.25) is 19.0 Å².